The Kier molecular flexibility index (Phi) is 2.10. The monoisotopic (exact) mass is 138 g/mol. The van der Waals surface area contributed by atoms with Gasteiger partial charge in [-0.1, -0.05) is 0 Å². The van der Waals surface area contributed by atoms with Crippen molar-refractivity contribution in [1.82, 2.24) is 4.98 Å². The van der Waals surface area contributed by atoms with E-state index in [4.69, 9.17) is 4.74 Å². The highest BCUT2D eigenvalue weighted by Crippen LogP contribution is 1.97. The molecule has 0 aliphatic rings. The third-order valence-corrected chi connectivity index (χ3v) is 1.04. The molecule has 0 fully saturated rings. The highest BCUT2D eigenvalue weighted by Gasteiger charge is 2.04. The lowest BCUT2D eigenvalue weighted by Crippen LogP contribution is -2.02. The van der Waals surface area contributed by atoms with Crippen molar-refractivity contribution in [2.75, 3.05) is 6.61 Å². The molecular weight excluding hydrogens is 130 g/mol. The van der Waals surface area contributed by atoms with Crippen molar-refractivity contribution >= 4 is 5.97 Å². The molecule has 0 aromatic carbocycles. The first-order valence-corrected chi connectivity index (χ1v) is 3.06. The van der Waals surface area contributed by atoms with Crippen molar-refractivity contribution in [2.45, 2.75) is 6.92 Å². The Morgan fingerprint density at radius 1 is 1.90 bits per heavy atom. The van der Waals surface area contributed by atoms with Crippen molar-refractivity contribution in [2.24, 2.45) is 0 Å². The fraction of sp³-hybridized carbons (Fsp3) is 0.286. The predicted octanol–water partition coefficient (Wildman–Crippen LogP) is 0.992. The van der Waals surface area contributed by atoms with Crippen LogP contribution >= 0.6 is 0 Å². The van der Waals surface area contributed by atoms with Crippen LogP contribution in [0.1, 0.15) is 17.3 Å². The van der Waals surface area contributed by atoms with Crippen LogP contribution in [-0.2, 0) is 4.74 Å². The third kappa shape index (κ3) is 1.37. The Hall–Kier alpha value is -1.25. The van der Waals surface area contributed by atoms with Crippen LogP contribution in [0.25, 0.3) is 0 Å². The van der Waals surface area contributed by atoms with Gasteiger partial charge >= 0.3 is 5.97 Å². The van der Waals surface area contributed by atoms with Crippen LogP contribution in [0.3, 0.4) is 0 Å². The molecule has 1 heterocycles. The third-order valence-electron chi connectivity index (χ3n) is 1.04. The highest BCUT2D eigenvalue weighted by molar-refractivity contribution is 5.88. The zero-order chi connectivity index (χ0) is 7.40. The van der Waals surface area contributed by atoms with E-state index in [-0.39, 0.29) is 5.97 Å². The van der Waals surface area contributed by atoms with E-state index in [1.165, 1.54) is 0 Å². The normalized spacial score (nSPS) is 9.30. The van der Waals surface area contributed by atoms with Crippen LogP contribution < -0.4 is 0 Å². The zero-order valence-electron chi connectivity index (χ0n) is 5.68. The van der Waals surface area contributed by atoms with Gasteiger partial charge in [0, 0.05) is 6.20 Å². The van der Waals surface area contributed by atoms with E-state index in [1.54, 1.807) is 19.2 Å². The first-order valence-electron chi connectivity index (χ1n) is 3.06. The zero-order valence-corrected chi connectivity index (χ0v) is 5.68. The molecule has 0 spiro atoms. The van der Waals surface area contributed by atoms with Crippen LogP contribution in [0.4, 0.5) is 0 Å². The van der Waals surface area contributed by atoms with Crippen molar-refractivity contribution in [3.8, 4) is 0 Å². The van der Waals surface area contributed by atoms with Gasteiger partial charge in [-0.25, -0.2) is 4.79 Å². The van der Waals surface area contributed by atoms with E-state index in [1.807, 2.05) is 0 Å². The van der Waals surface area contributed by atoms with Gasteiger partial charge < -0.3 is 9.72 Å². The molecule has 53 valence electrons. The van der Waals surface area contributed by atoms with Gasteiger partial charge in [0.05, 0.1) is 18.4 Å². The summed E-state index contributed by atoms with van der Waals surface area (Å²) in [6.07, 6.45) is 4.25. The molecule has 0 amide bonds. The maximum Gasteiger partial charge on any atom is 0.340 e. The molecule has 1 aromatic heterocycles. The number of H-pyrrole nitrogens is 1. The molecule has 0 atom stereocenters. The molecule has 0 aliphatic heterocycles. The quantitative estimate of drug-likeness (QED) is 0.619. The Morgan fingerprint density at radius 3 is 3.20 bits per heavy atom. The molecular formula is C7H8NO2. The number of aromatic nitrogens is 1. The molecule has 1 radical (unpaired) electrons. The van der Waals surface area contributed by atoms with E-state index in [9.17, 15) is 4.79 Å². The van der Waals surface area contributed by atoms with E-state index in [0.29, 0.717) is 12.2 Å². The van der Waals surface area contributed by atoms with Crippen LogP contribution in [0.2, 0.25) is 0 Å². The summed E-state index contributed by atoms with van der Waals surface area (Å²) in [6.45, 7) is 2.17. The second kappa shape index (κ2) is 3.06. The molecule has 0 aliphatic carbocycles. The fourth-order valence-electron chi connectivity index (χ4n) is 0.614. The number of hydrogen-bond donors (Lipinski definition) is 1. The minimum absolute atomic E-state index is 0.330. The minimum atomic E-state index is -0.330. The molecule has 1 aromatic rings. The molecule has 0 bridgehead atoms. The van der Waals surface area contributed by atoms with E-state index < -0.39 is 0 Å². The smallest absolute Gasteiger partial charge is 0.340 e. The predicted molar refractivity (Wildman–Crippen MR) is 35.6 cm³/mol. The number of aromatic amines is 1. The number of esters is 1. The van der Waals surface area contributed by atoms with Crippen molar-refractivity contribution in [1.29, 1.82) is 0 Å². The van der Waals surface area contributed by atoms with Crippen LogP contribution in [0, 0.1) is 6.20 Å². The molecule has 3 nitrogen and oxygen atoms in total. The molecule has 3 heteroatoms. The number of nitrogens with one attached hydrogen (secondary N) is 1. The van der Waals surface area contributed by atoms with Gasteiger partial charge in [0.25, 0.3) is 0 Å². The molecule has 0 saturated heterocycles. The summed E-state index contributed by atoms with van der Waals surface area (Å²) in [5, 5.41) is 0. The second-order valence-electron chi connectivity index (χ2n) is 1.74. The summed E-state index contributed by atoms with van der Waals surface area (Å²) in [7, 11) is 0. The first-order chi connectivity index (χ1) is 4.84. The summed E-state index contributed by atoms with van der Waals surface area (Å²) >= 11 is 0. The molecule has 0 unspecified atom stereocenters. The standard InChI is InChI=1S/C7H8NO2/c1-2-10-7(9)6-3-4-8-5-6/h3-4,8H,2H2,1H3. The van der Waals surface area contributed by atoms with Crippen molar-refractivity contribution in [3.63, 3.8) is 0 Å². The molecule has 1 rings (SSSR count). The summed E-state index contributed by atoms with van der Waals surface area (Å²) in [6, 6.07) is 1.62. The molecule has 10 heavy (non-hydrogen) atoms. The van der Waals surface area contributed by atoms with Gasteiger partial charge in [-0.2, -0.15) is 0 Å². The van der Waals surface area contributed by atoms with Crippen LogP contribution in [0.15, 0.2) is 12.3 Å². The SMILES string of the molecule is CCOC(=O)c1[c][nH]cc1. The summed E-state index contributed by atoms with van der Waals surface area (Å²) in [5.41, 5.74) is 0.446. The average Bonchev–Trinajstić information content (AvgIpc) is 2.38. The Labute approximate surface area is 59.0 Å². The summed E-state index contributed by atoms with van der Waals surface area (Å²) in [5.74, 6) is -0.330. The lowest BCUT2D eigenvalue weighted by Gasteiger charge is -1.95. The number of carbonyl (C=O) groups is 1. The largest absolute Gasteiger partial charge is 0.462 e. The van der Waals surface area contributed by atoms with Gasteiger partial charge in [0.2, 0.25) is 0 Å². The van der Waals surface area contributed by atoms with Crippen molar-refractivity contribution < 1.29 is 9.53 Å². The lowest BCUT2D eigenvalue weighted by molar-refractivity contribution is 0.0526. The fourth-order valence-corrected chi connectivity index (χ4v) is 0.614. The number of rotatable bonds is 2. The lowest BCUT2D eigenvalue weighted by atomic mass is 10.3. The van der Waals surface area contributed by atoms with E-state index in [0.717, 1.165) is 0 Å². The maximum atomic E-state index is 10.8. The number of hydrogen-bond acceptors (Lipinski definition) is 2. The second-order valence-corrected chi connectivity index (χ2v) is 1.74. The number of ether oxygens (including phenoxy) is 1. The van der Waals surface area contributed by atoms with Crippen LogP contribution in [-0.4, -0.2) is 17.6 Å². The van der Waals surface area contributed by atoms with E-state index in [2.05, 4.69) is 11.2 Å². The van der Waals surface area contributed by atoms with Gasteiger partial charge in [-0.15, -0.1) is 0 Å². The van der Waals surface area contributed by atoms with Gasteiger partial charge in [0.15, 0.2) is 0 Å². The van der Waals surface area contributed by atoms with Crippen LogP contribution in [0.5, 0.6) is 0 Å². The Bertz CT molecular complexity index is 203. The summed E-state index contributed by atoms with van der Waals surface area (Å²) < 4.78 is 4.70. The van der Waals surface area contributed by atoms with Gasteiger partial charge in [-0.3, -0.25) is 0 Å². The average molecular weight is 138 g/mol. The Morgan fingerprint density at radius 2 is 2.70 bits per heavy atom. The molecule has 1 N–H and O–H groups in total. The first kappa shape index (κ1) is 6.86. The van der Waals surface area contributed by atoms with Gasteiger partial charge in [-0.05, 0) is 13.0 Å². The topological polar surface area (TPSA) is 42.1 Å². The molecule has 0 saturated carbocycles. The van der Waals surface area contributed by atoms with E-state index >= 15 is 0 Å². The van der Waals surface area contributed by atoms with Crippen molar-refractivity contribution in [3.05, 3.63) is 24.0 Å². The number of carbonyl (C=O) groups excluding carboxylic acids is 1. The maximum absolute atomic E-state index is 10.8. The summed E-state index contributed by atoms with van der Waals surface area (Å²) in [4.78, 5) is 13.5. The van der Waals surface area contributed by atoms with Gasteiger partial charge in [0.1, 0.15) is 0 Å². The minimum Gasteiger partial charge on any atom is -0.462 e. The Balaban J connectivity index is 2.59. The highest BCUT2D eigenvalue weighted by atomic mass is 16.5.